The normalized spacial score (nSPS) is 18.1. The maximum atomic E-state index is 13.3. The zero-order chi connectivity index (χ0) is 28.0. The highest BCUT2D eigenvalue weighted by molar-refractivity contribution is 7.80. The Labute approximate surface area is 229 Å². The number of anilines is 1. The van der Waals surface area contributed by atoms with Gasteiger partial charge >= 0.3 is 12.4 Å². The van der Waals surface area contributed by atoms with Gasteiger partial charge in [0.15, 0.2) is 5.11 Å². The first-order valence-electron chi connectivity index (χ1n) is 12.7. The Kier molecular flexibility index (Phi) is 9.17. The third-order valence-corrected chi connectivity index (χ3v) is 7.04. The van der Waals surface area contributed by atoms with Crippen molar-refractivity contribution >= 4 is 23.0 Å². The second-order valence-electron chi connectivity index (χ2n) is 9.73. The average molecular weight is 566 g/mol. The summed E-state index contributed by atoms with van der Waals surface area (Å²) < 4.78 is 79.8. The molecule has 2 N–H and O–H groups in total. The van der Waals surface area contributed by atoms with E-state index in [2.05, 4.69) is 39.8 Å². The summed E-state index contributed by atoms with van der Waals surface area (Å²) in [6.45, 7) is 1.36. The molecule has 1 saturated carbocycles. The van der Waals surface area contributed by atoms with Gasteiger partial charge in [-0.05, 0) is 54.4 Å². The van der Waals surface area contributed by atoms with Gasteiger partial charge in [0.1, 0.15) is 0 Å². The number of benzene rings is 3. The van der Waals surface area contributed by atoms with E-state index in [9.17, 15) is 26.3 Å². The smallest absolute Gasteiger partial charge is 0.358 e. The van der Waals surface area contributed by atoms with Crippen LogP contribution in [-0.4, -0.2) is 22.1 Å². The van der Waals surface area contributed by atoms with Crippen LogP contribution in [0.2, 0.25) is 0 Å². The molecule has 3 aromatic carbocycles. The number of hydrogen-bond donors (Lipinski definition) is 2. The molecule has 3 aromatic rings. The van der Waals surface area contributed by atoms with Crippen molar-refractivity contribution in [2.45, 2.75) is 63.2 Å². The number of halogens is 6. The fraction of sp³-hybridized carbons (Fsp3) is 0.345. The molecule has 0 aliphatic heterocycles. The van der Waals surface area contributed by atoms with Gasteiger partial charge in [0.05, 0.1) is 11.1 Å². The number of hydrogen-bond acceptors (Lipinski definition) is 2. The van der Waals surface area contributed by atoms with E-state index in [0.29, 0.717) is 25.2 Å². The van der Waals surface area contributed by atoms with E-state index in [-0.39, 0.29) is 28.9 Å². The van der Waals surface area contributed by atoms with Gasteiger partial charge in [0.25, 0.3) is 0 Å². The number of thiocarbonyl (C=S) groups is 1. The van der Waals surface area contributed by atoms with E-state index in [1.807, 2.05) is 36.4 Å². The first-order valence-corrected chi connectivity index (χ1v) is 13.1. The van der Waals surface area contributed by atoms with Gasteiger partial charge in [-0.2, -0.15) is 26.3 Å². The maximum Gasteiger partial charge on any atom is 0.416 e. The van der Waals surface area contributed by atoms with Gasteiger partial charge in [0.2, 0.25) is 0 Å². The van der Waals surface area contributed by atoms with Crippen molar-refractivity contribution in [1.29, 1.82) is 0 Å². The van der Waals surface area contributed by atoms with Crippen LogP contribution in [0.25, 0.3) is 0 Å². The summed E-state index contributed by atoms with van der Waals surface area (Å²) in [6.07, 6.45) is -6.29. The first kappa shape index (κ1) is 28.9. The molecule has 1 aliphatic carbocycles. The predicted octanol–water partition coefficient (Wildman–Crippen LogP) is 8.02. The van der Waals surface area contributed by atoms with Crippen LogP contribution < -0.4 is 10.6 Å². The molecule has 1 aliphatic rings. The van der Waals surface area contributed by atoms with E-state index < -0.39 is 23.5 Å². The lowest BCUT2D eigenvalue weighted by atomic mass is 9.88. The summed E-state index contributed by atoms with van der Waals surface area (Å²) in [5, 5.41) is 5.76. The monoisotopic (exact) mass is 565 g/mol. The van der Waals surface area contributed by atoms with Crippen LogP contribution in [0.4, 0.5) is 32.0 Å². The lowest BCUT2D eigenvalue weighted by Crippen LogP contribution is -2.53. The molecule has 0 unspecified atom stereocenters. The molecular weight excluding hydrogens is 536 g/mol. The Morgan fingerprint density at radius 2 is 1.23 bits per heavy atom. The van der Waals surface area contributed by atoms with Crippen molar-refractivity contribution < 1.29 is 26.3 Å². The molecule has 10 heteroatoms. The van der Waals surface area contributed by atoms with Crippen molar-refractivity contribution in [3.8, 4) is 0 Å². The number of rotatable bonds is 7. The quantitative estimate of drug-likeness (QED) is 0.224. The molecule has 208 valence electrons. The minimum absolute atomic E-state index is 0.0151. The van der Waals surface area contributed by atoms with Crippen LogP contribution in [0.15, 0.2) is 78.9 Å². The van der Waals surface area contributed by atoms with E-state index >= 15 is 0 Å². The Morgan fingerprint density at radius 1 is 0.744 bits per heavy atom. The molecule has 39 heavy (non-hydrogen) atoms. The SMILES string of the molecule is FC(F)(F)c1cc(NC(=S)N[C@H]2CCCC[C@@H]2N(Cc2ccccc2)Cc2ccccc2)cc(C(F)(F)F)c1. The summed E-state index contributed by atoms with van der Waals surface area (Å²) in [4.78, 5) is 2.36. The Balaban J connectivity index is 1.54. The topological polar surface area (TPSA) is 27.3 Å². The molecule has 0 bridgehead atoms. The molecule has 0 amide bonds. The van der Waals surface area contributed by atoms with Gasteiger partial charge in [-0.15, -0.1) is 0 Å². The second-order valence-corrected chi connectivity index (χ2v) is 10.1. The molecular formula is C29H29F6N3S. The van der Waals surface area contributed by atoms with E-state index in [4.69, 9.17) is 12.2 Å². The summed E-state index contributed by atoms with van der Waals surface area (Å²) >= 11 is 5.39. The largest absolute Gasteiger partial charge is 0.416 e. The average Bonchev–Trinajstić information content (AvgIpc) is 2.89. The summed E-state index contributed by atoms with van der Waals surface area (Å²) in [7, 11) is 0. The molecule has 3 nitrogen and oxygen atoms in total. The molecule has 0 aromatic heterocycles. The standard InChI is InChI=1S/C29H29F6N3S/c30-28(31,32)22-15-23(29(33,34)35)17-24(16-22)36-27(39)37-25-13-7-8-14-26(25)38(18-20-9-3-1-4-10-20)19-21-11-5-2-6-12-21/h1-6,9-12,15-17,25-26H,7-8,13-14,18-19H2,(H2,36,37,39)/t25-,26-/m0/s1. The van der Waals surface area contributed by atoms with Crippen LogP contribution in [0, 0.1) is 0 Å². The van der Waals surface area contributed by atoms with E-state index in [1.165, 1.54) is 0 Å². The number of nitrogens with one attached hydrogen (secondary N) is 2. The minimum Gasteiger partial charge on any atom is -0.358 e. The summed E-state index contributed by atoms with van der Waals surface area (Å²) in [5.74, 6) is 0. The molecule has 0 heterocycles. The van der Waals surface area contributed by atoms with Gasteiger partial charge in [0, 0.05) is 30.9 Å². The lowest BCUT2D eigenvalue weighted by Gasteiger charge is -2.41. The molecule has 4 rings (SSSR count). The van der Waals surface area contributed by atoms with Gasteiger partial charge in [-0.3, -0.25) is 4.90 Å². The Bertz CT molecular complexity index is 1160. The molecule has 0 saturated heterocycles. The zero-order valence-corrected chi connectivity index (χ0v) is 21.8. The van der Waals surface area contributed by atoms with Crippen LogP contribution in [0.3, 0.4) is 0 Å². The maximum absolute atomic E-state index is 13.3. The molecule has 1 fully saturated rings. The molecule has 0 radical (unpaired) electrons. The first-order chi connectivity index (χ1) is 18.5. The Hall–Kier alpha value is -3.11. The third-order valence-electron chi connectivity index (χ3n) is 6.82. The fourth-order valence-electron chi connectivity index (χ4n) is 5.01. The van der Waals surface area contributed by atoms with Gasteiger partial charge < -0.3 is 10.6 Å². The fourth-order valence-corrected chi connectivity index (χ4v) is 5.27. The Morgan fingerprint density at radius 3 is 1.72 bits per heavy atom. The van der Waals surface area contributed by atoms with Crippen molar-refractivity contribution in [1.82, 2.24) is 10.2 Å². The summed E-state index contributed by atoms with van der Waals surface area (Å²) in [5.41, 5.74) is -0.873. The predicted molar refractivity (Wildman–Crippen MR) is 144 cm³/mol. The number of alkyl halides is 6. The zero-order valence-electron chi connectivity index (χ0n) is 21.0. The van der Waals surface area contributed by atoms with Crippen molar-refractivity contribution in [2.75, 3.05) is 5.32 Å². The van der Waals surface area contributed by atoms with Crippen molar-refractivity contribution in [2.24, 2.45) is 0 Å². The highest BCUT2D eigenvalue weighted by Gasteiger charge is 2.37. The minimum atomic E-state index is -4.93. The van der Waals surface area contributed by atoms with E-state index in [0.717, 1.165) is 36.8 Å². The second kappa shape index (κ2) is 12.4. The molecule has 2 atom stereocenters. The third kappa shape index (κ3) is 8.19. The highest BCUT2D eigenvalue weighted by atomic mass is 32.1. The van der Waals surface area contributed by atoms with Crippen LogP contribution in [-0.2, 0) is 25.4 Å². The van der Waals surface area contributed by atoms with Crippen LogP contribution in [0.5, 0.6) is 0 Å². The van der Waals surface area contributed by atoms with Gasteiger partial charge in [-0.1, -0.05) is 73.5 Å². The van der Waals surface area contributed by atoms with E-state index in [1.54, 1.807) is 0 Å². The summed E-state index contributed by atoms with van der Waals surface area (Å²) in [6, 6.07) is 21.4. The highest BCUT2D eigenvalue weighted by Crippen LogP contribution is 2.37. The molecule has 0 spiro atoms. The van der Waals surface area contributed by atoms with Crippen LogP contribution >= 0.6 is 12.2 Å². The van der Waals surface area contributed by atoms with Crippen molar-refractivity contribution in [3.05, 3.63) is 101 Å². The van der Waals surface area contributed by atoms with Crippen molar-refractivity contribution in [3.63, 3.8) is 0 Å². The van der Waals surface area contributed by atoms with Gasteiger partial charge in [-0.25, -0.2) is 0 Å². The number of nitrogens with zero attached hydrogens (tertiary/aromatic N) is 1. The lowest BCUT2D eigenvalue weighted by molar-refractivity contribution is -0.143. The van der Waals surface area contributed by atoms with Crippen LogP contribution in [0.1, 0.15) is 47.9 Å².